The second kappa shape index (κ2) is 8.04. The molecule has 0 atom stereocenters. The molecule has 168 valence electrons. The Bertz CT molecular complexity index is 1630. The first-order chi connectivity index (χ1) is 16.4. The third-order valence-electron chi connectivity index (χ3n) is 5.38. The van der Waals surface area contributed by atoms with Gasteiger partial charge in [-0.05, 0) is 48.0 Å². The van der Waals surface area contributed by atoms with E-state index in [2.05, 4.69) is 19.7 Å². The maximum Gasteiger partial charge on any atom is 0.573 e. The summed E-state index contributed by atoms with van der Waals surface area (Å²) in [6, 6.07) is 15.0. The molecular formula is C24H15F3N6O. The Morgan fingerprint density at radius 2 is 1.82 bits per heavy atom. The number of pyridine rings is 2. The minimum atomic E-state index is -4.79. The lowest BCUT2D eigenvalue weighted by molar-refractivity contribution is -0.274. The molecule has 0 amide bonds. The van der Waals surface area contributed by atoms with Crippen LogP contribution in [-0.4, -0.2) is 25.5 Å². The molecule has 0 saturated carbocycles. The number of ether oxygens (including phenoxy) is 1. The molecule has 0 aliphatic heterocycles. The summed E-state index contributed by atoms with van der Waals surface area (Å²) in [6.45, 7) is 0. The van der Waals surface area contributed by atoms with Crippen molar-refractivity contribution in [2.24, 2.45) is 12.0 Å². The summed E-state index contributed by atoms with van der Waals surface area (Å²) in [6.07, 6.45) is 2.13. The SMILES string of the molecule is Cn1/c(=N/C#N)n(-c2ccc(OC(F)(F)F)cc2)c2c3cc(-c4cccnc4)ccc3ncc21. The Kier molecular flexibility index (Phi) is 5.02. The third-order valence-corrected chi connectivity index (χ3v) is 5.38. The van der Waals surface area contributed by atoms with Gasteiger partial charge >= 0.3 is 6.36 Å². The van der Waals surface area contributed by atoms with Crippen LogP contribution >= 0.6 is 0 Å². The number of alkyl halides is 3. The van der Waals surface area contributed by atoms with E-state index in [1.54, 1.807) is 41.0 Å². The van der Waals surface area contributed by atoms with Gasteiger partial charge in [0.1, 0.15) is 5.75 Å². The molecule has 0 aliphatic rings. The van der Waals surface area contributed by atoms with E-state index >= 15 is 0 Å². The summed E-state index contributed by atoms with van der Waals surface area (Å²) in [5.74, 6) is -0.346. The van der Waals surface area contributed by atoms with Crippen LogP contribution in [0.4, 0.5) is 13.2 Å². The molecule has 10 heteroatoms. The summed E-state index contributed by atoms with van der Waals surface area (Å²) in [4.78, 5) is 12.7. The number of aromatic nitrogens is 4. The van der Waals surface area contributed by atoms with Crippen LogP contribution < -0.4 is 10.4 Å². The highest BCUT2D eigenvalue weighted by molar-refractivity contribution is 6.04. The van der Waals surface area contributed by atoms with Gasteiger partial charge < -0.3 is 9.30 Å². The first-order valence-corrected chi connectivity index (χ1v) is 10.1. The van der Waals surface area contributed by atoms with Gasteiger partial charge in [0, 0.05) is 36.1 Å². The lowest BCUT2D eigenvalue weighted by Crippen LogP contribution is -2.23. The minimum absolute atomic E-state index is 0.295. The Morgan fingerprint density at radius 3 is 2.50 bits per heavy atom. The van der Waals surface area contributed by atoms with Gasteiger partial charge in [-0.15, -0.1) is 18.2 Å². The average Bonchev–Trinajstić information content (AvgIpc) is 3.11. The van der Waals surface area contributed by atoms with E-state index in [1.165, 1.54) is 24.3 Å². The van der Waals surface area contributed by atoms with Gasteiger partial charge in [0.2, 0.25) is 11.8 Å². The van der Waals surface area contributed by atoms with E-state index in [0.29, 0.717) is 27.9 Å². The highest BCUT2D eigenvalue weighted by Crippen LogP contribution is 2.30. The molecule has 7 nitrogen and oxygen atoms in total. The van der Waals surface area contributed by atoms with Crippen molar-refractivity contribution in [1.29, 1.82) is 5.26 Å². The smallest absolute Gasteiger partial charge is 0.406 e. The summed E-state index contributed by atoms with van der Waals surface area (Å²) < 4.78 is 45.2. The molecule has 2 aromatic carbocycles. The van der Waals surface area contributed by atoms with E-state index in [-0.39, 0.29) is 5.75 Å². The molecule has 0 unspecified atom stereocenters. The van der Waals surface area contributed by atoms with Crippen molar-refractivity contribution >= 4 is 21.9 Å². The van der Waals surface area contributed by atoms with Crippen LogP contribution in [0.3, 0.4) is 0 Å². The third kappa shape index (κ3) is 3.73. The predicted molar refractivity (Wildman–Crippen MR) is 119 cm³/mol. The average molecular weight is 460 g/mol. The molecule has 34 heavy (non-hydrogen) atoms. The zero-order valence-electron chi connectivity index (χ0n) is 17.7. The number of hydrogen-bond acceptors (Lipinski definition) is 5. The van der Waals surface area contributed by atoms with Gasteiger partial charge in [0.15, 0.2) is 0 Å². The fourth-order valence-corrected chi connectivity index (χ4v) is 3.93. The van der Waals surface area contributed by atoms with Crippen LogP contribution in [0.5, 0.6) is 5.75 Å². The van der Waals surface area contributed by atoms with Crippen LogP contribution in [0.2, 0.25) is 0 Å². The highest BCUT2D eigenvalue weighted by atomic mass is 19.4. The van der Waals surface area contributed by atoms with Gasteiger partial charge in [0.25, 0.3) is 0 Å². The predicted octanol–water partition coefficient (Wildman–Crippen LogP) is 4.86. The van der Waals surface area contributed by atoms with Crippen LogP contribution in [0.25, 0.3) is 38.8 Å². The normalized spacial score (nSPS) is 12.3. The highest BCUT2D eigenvalue weighted by Gasteiger charge is 2.31. The Morgan fingerprint density at radius 1 is 1.03 bits per heavy atom. The van der Waals surface area contributed by atoms with Crippen molar-refractivity contribution in [3.63, 3.8) is 0 Å². The number of hydrogen-bond donors (Lipinski definition) is 0. The van der Waals surface area contributed by atoms with Crippen molar-refractivity contribution < 1.29 is 17.9 Å². The van der Waals surface area contributed by atoms with Crippen molar-refractivity contribution in [1.82, 2.24) is 19.1 Å². The summed E-state index contributed by atoms with van der Waals surface area (Å²) in [5.41, 5.74) is 4.74. The van der Waals surface area contributed by atoms with E-state index in [4.69, 9.17) is 0 Å². The monoisotopic (exact) mass is 460 g/mol. The first-order valence-electron chi connectivity index (χ1n) is 10.1. The van der Waals surface area contributed by atoms with Gasteiger partial charge in [-0.2, -0.15) is 5.26 Å². The van der Waals surface area contributed by atoms with Crippen LogP contribution in [0.15, 0.2) is 78.2 Å². The molecular weight excluding hydrogens is 445 g/mol. The van der Waals surface area contributed by atoms with Gasteiger partial charge in [-0.3, -0.25) is 14.5 Å². The topological polar surface area (TPSA) is 81.0 Å². The molecule has 0 saturated heterocycles. The molecule has 0 spiro atoms. The number of rotatable bonds is 3. The molecule has 5 rings (SSSR count). The number of aryl methyl sites for hydroxylation is 1. The lowest BCUT2D eigenvalue weighted by Gasteiger charge is -2.11. The van der Waals surface area contributed by atoms with Crippen LogP contribution in [0, 0.1) is 11.5 Å². The van der Waals surface area contributed by atoms with Crippen LogP contribution in [-0.2, 0) is 7.05 Å². The summed E-state index contributed by atoms with van der Waals surface area (Å²) in [7, 11) is 1.74. The zero-order chi connectivity index (χ0) is 23.9. The van der Waals surface area contributed by atoms with Crippen molar-refractivity contribution in [3.05, 3.63) is 78.8 Å². The maximum absolute atomic E-state index is 12.6. The maximum atomic E-state index is 12.6. The van der Waals surface area contributed by atoms with E-state index in [9.17, 15) is 18.4 Å². The standard InChI is InChI=1S/C24H15F3N6O/c1-32-21-13-30-20-9-4-15(16-3-2-10-29-12-16)11-19(20)22(21)33(23(32)31-14-28)17-5-7-18(8-6-17)34-24(25,26)27/h2-13H,1H3/b31-23-. The number of halogens is 3. The van der Waals surface area contributed by atoms with Gasteiger partial charge in [-0.1, -0.05) is 12.1 Å². The largest absolute Gasteiger partial charge is 0.573 e. The van der Waals surface area contributed by atoms with Crippen molar-refractivity contribution in [2.45, 2.75) is 6.36 Å². The number of nitriles is 1. The number of imidazole rings is 1. The fourth-order valence-electron chi connectivity index (χ4n) is 3.93. The molecule has 0 bridgehead atoms. The zero-order valence-corrected chi connectivity index (χ0v) is 17.7. The van der Waals surface area contributed by atoms with Crippen LogP contribution in [0.1, 0.15) is 0 Å². The number of nitrogens with zero attached hydrogens (tertiary/aromatic N) is 6. The quantitative estimate of drug-likeness (QED) is 0.360. The Balaban J connectivity index is 1.81. The Labute approximate surface area is 190 Å². The molecule has 5 aromatic rings. The minimum Gasteiger partial charge on any atom is -0.406 e. The van der Waals surface area contributed by atoms with E-state index in [0.717, 1.165) is 16.5 Å². The Hall–Kier alpha value is -4.65. The second-order valence-electron chi connectivity index (χ2n) is 7.41. The number of benzene rings is 2. The van der Waals surface area contributed by atoms with E-state index < -0.39 is 6.36 Å². The molecule has 0 N–H and O–H groups in total. The lowest BCUT2D eigenvalue weighted by atomic mass is 10.0. The summed E-state index contributed by atoms with van der Waals surface area (Å²) in [5, 5.41) is 10.1. The molecule has 3 aromatic heterocycles. The van der Waals surface area contributed by atoms with Gasteiger partial charge in [0.05, 0.1) is 22.7 Å². The molecule has 3 heterocycles. The molecule has 0 fully saturated rings. The molecule has 0 radical (unpaired) electrons. The van der Waals surface area contributed by atoms with Gasteiger partial charge in [-0.25, -0.2) is 0 Å². The fraction of sp³-hybridized carbons (Fsp3) is 0.0833. The van der Waals surface area contributed by atoms with E-state index in [1.807, 2.05) is 30.3 Å². The first kappa shape index (κ1) is 21.2. The second-order valence-corrected chi connectivity index (χ2v) is 7.41. The van der Waals surface area contributed by atoms with Crippen molar-refractivity contribution in [2.75, 3.05) is 0 Å². The summed E-state index contributed by atoms with van der Waals surface area (Å²) >= 11 is 0. The number of fused-ring (bicyclic) bond motifs is 3. The van der Waals surface area contributed by atoms with Crippen molar-refractivity contribution in [3.8, 4) is 28.8 Å². The molecule has 0 aliphatic carbocycles.